The molecule has 0 aliphatic carbocycles. The van der Waals surface area contributed by atoms with Gasteiger partial charge in [-0.05, 0) is 41.1 Å². The molecule has 3 rings (SSSR count). The molecule has 1 amide bonds. The molecule has 0 unspecified atom stereocenters. The molecule has 1 aromatic heterocycles. The first-order valence-corrected chi connectivity index (χ1v) is 10.2. The van der Waals surface area contributed by atoms with E-state index in [1.807, 2.05) is 11.4 Å². The van der Waals surface area contributed by atoms with E-state index in [9.17, 15) is 13.2 Å². The summed E-state index contributed by atoms with van der Waals surface area (Å²) >= 11 is 4.90. The van der Waals surface area contributed by atoms with Crippen LogP contribution in [0.3, 0.4) is 0 Å². The molecule has 6 nitrogen and oxygen atoms in total. The normalized spacial score (nSPS) is 18.0. The van der Waals surface area contributed by atoms with Gasteiger partial charge in [0.25, 0.3) is 10.0 Å². The summed E-state index contributed by atoms with van der Waals surface area (Å²) in [5, 5.41) is 4.74. The van der Waals surface area contributed by atoms with E-state index in [-0.39, 0.29) is 16.6 Å². The lowest BCUT2D eigenvalue weighted by Gasteiger charge is -2.09. The van der Waals surface area contributed by atoms with Gasteiger partial charge in [0.1, 0.15) is 11.9 Å². The molecule has 9 heteroatoms. The van der Waals surface area contributed by atoms with Gasteiger partial charge in [0, 0.05) is 20.3 Å². The van der Waals surface area contributed by atoms with Crippen LogP contribution in [0.5, 0.6) is 0 Å². The second-order valence-corrected chi connectivity index (χ2v) is 8.77. The number of sulfonamides is 1. The largest absolute Gasteiger partial charge is 0.349 e. The predicted molar refractivity (Wildman–Crippen MR) is 96.6 cm³/mol. The van der Waals surface area contributed by atoms with Crippen LogP contribution in [0.1, 0.15) is 17.4 Å². The number of hydrogen-bond donors (Lipinski definition) is 2. The van der Waals surface area contributed by atoms with Crippen LogP contribution >= 0.6 is 27.3 Å². The van der Waals surface area contributed by atoms with Crippen molar-refractivity contribution >= 4 is 49.0 Å². The first-order chi connectivity index (χ1) is 11.4. The summed E-state index contributed by atoms with van der Waals surface area (Å²) in [6.07, 6.45) is 0. The number of rotatable bonds is 4. The lowest BCUT2D eigenvalue weighted by atomic mass is 10.2. The zero-order valence-corrected chi connectivity index (χ0v) is 15.8. The monoisotopic (exact) mass is 427 g/mol. The van der Waals surface area contributed by atoms with Gasteiger partial charge in [-0.15, -0.1) is 11.3 Å². The minimum absolute atomic E-state index is 0.180. The van der Waals surface area contributed by atoms with Gasteiger partial charge in [0.05, 0.1) is 11.4 Å². The first kappa shape index (κ1) is 17.1. The molecule has 1 atom stereocenters. The summed E-state index contributed by atoms with van der Waals surface area (Å²) < 4.78 is 27.4. The highest BCUT2D eigenvalue weighted by molar-refractivity contribution is 9.10. The van der Waals surface area contributed by atoms with Crippen LogP contribution in [0, 0.1) is 0 Å². The van der Waals surface area contributed by atoms with Crippen LogP contribution in [-0.4, -0.2) is 26.2 Å². The first-order valence-electron chi connectivity index (χ1n) is 7.07. The number of benzene rings is 1. The quantitative estimate of drug-likeness (QED) is 0.783. The number of amides is 1. The number of amidine groups is 1. The highest BCUT2D eigenvalue weighted by Gasteiger charge is 2.31. The van der Waals surface area contributed by atoms with E-state index < -0.39 is 16.1 Å². The van der Waals surface area contributed by atoms with Gasteiger partial charge in [-0.25, -0.2) is 8.42 Å². The Kier molecular flexibility index (Phi) is 4.75. The van der Waals surface area contributed by atoms with E-state index in [0.717, 1.165) is 9.35 Å². The second-order valence-electron chi connectivity index (χ2n) is 5.20. The molecule has 1 aliphatic rings. The number of carbonyl (C=O) groups excluding carboxylic acids is 1. The van der Waals surface area contributed by atoms with Crippen molar-refractivity contribution in [2.24, 2.45) is 4.99 Å². The Labute approximate surface area is 152 Å². The zero-order chi connectivity index (χ0) is 17.3. The van der Waals surface area contributed by atoms with Crippen LogP contribution in [-0.2, 0) is 21.4 Å². The molecule has 2 aromatic rings. The SMILES string of the molecule is C[C@H](N=C1NS(=O)(=O)c2ccccc21)C(=O)NCc1cc(Br)cs1. The highest BCUT2D eigenvalue weighted by Crippen LogP contribution is 2.22. The van der Waals surface area contributed by atoms with E-state index in [2.05, 4.69) is 31.0 Å². The number of carbonyl (C=O) groups is 1. The molecule has 0 bridgehead atoms. The van der Waals surface area contributed by atoms with E-state index in [1.165, 1.54) is 17.4 Å². The minimum atomic E-state index is -3.59. The number of hydrogen-bond acceptors (Lipinski definition) is 5. The molecule has 2 heterocycles. The average molecular weight is 428 g/mol. The molecule has 1 aliphatic heterocycles. The van der Waals surface area contributed by atoms with Gasteiger partial charge in [-0.3, -0.25) is 14.5 Å². The number of halogens is 1. The molecule has 1 aromatic carbocycles. The number of thiophene rings is 1. The van der Waals surface area contributed by atoms with Crippen LogP contribution < -0.4 is 10.0 Å². The lowest BCUT2D eigenvalue weighted by Crippen LogP contribution is -2.33. The van der Waals surface area contributed by atoms with Gasteiger partial charge in [-0.1, -0.05) is 12.1 Å². The summed E-state index contributed by atoms with van der Waals surface area (Å²) in [6.45, 7) is 2.04. The molecule has 2 N–H and O–H groups in total. The Hall–Kier alpha value is -1.71. The molecular formula is C15H14BrN3O3S2. The Morgan fingerprint density at radius 2 is 2.17 bits per heavy atom. The van der Waals surface area contributed by atoms with Crippen molar-refractivity contribution in [2.75, 3.05) is 0 Å². The number of nitrogens with one attached hydrogen (secondary N) is 2. The van der Waals surface area contributed by atoms with E-state index in [0.29, 0.717) is 12.1 Å². The van der Waals surface area contributed by atoms with Gasteiger partial charge in [-0.2, -0.15) is 0 Å². The second kappa shape index (κ2) is 6.66. The van der Waals surface area contributed by atoms with Crippen molar-refractivity contribution in [3.63, 3.8) is 0 Å². The average Bonchev–Trinajstić information content (AvgIpc) is 3.07. The van der Waals surface area contributed by atoms with Crippen molar-refractivity contribution in [1.82, 2.24) is 10.0 Å². The molecule has 126 valence electrons. The molecule has 0 saturated heterocycles. The highest BCUT2D eigenvalue weighted by atomic mass is 79.9. The summed E-state index contributed by atoms with van der Waals surface area (Å²) in [5.74, 6) is -0.0669. The van der Waals surface area contributed by atoms with Gasteiger partial charge in [0.15, 0.2) is 0 Å². The summed E-state index contributed by atoms with van der Waals surface area (Å²) in [7, 11) is -3.59. The summed E-state index contributed by atoms with van der Waals surface area (Å²) in [6, 6.07) is 7.78. The van der Waals surface area contributed by atoms with Crippen LogP contribution in [0.2, 0.25) is 0 Å². The topological polar surface area (TPSA) is 87.6 Å². The van der Waals surface area contributed by atoms with Gasteiger partial charge >= 0.3 is 0 Å². The summed E-state index contributed by atoms with van der Waals surface area (Å²) in [5.41, 5.74) is 0.485. The predicted octanol–water partition coefficient (Wildman–Crippen LogP) is 2.25. The fourth-order valence-electron chi connectivity index (χ4n) is 2.25. The fraction of sp³-hybridized carbons (Fsp3) is 0.200. The standard InChI is InChI=1S/C15H14BrN3O3S2/c1-9(15(20)17-7-11-6-10(16)8-23-11)18-14-12-4-2-3-5-13(12)24(21,22)19-14/h2-6,8-9H,7H2,1H3,(H,17,20)(H,18,19)/t9-/m0/s1. The number of aliphatic imine (C=N–C) groups is 1. The molecule has 0 fully saturated rings. The smallest absolute Gasteiger partial charge is 0.263 e. The molecular weight excluding hydrogens is 414 g/mol. The van der Waals surface area contributed by atoms with Crippen molar-refractivity contribution in [3.05, 3.63) is 50.6 Å². The third kappa shape index (κ3) is 3.52. The Balaban J connectivity index is 1.73. The maximum atomic E-state index is 12.2. The van der Waals surface area contributed by atoms with Crippen molar-refractivity contribution in [2.45, 2.75) is 24.4 Å². The molecule has 24 heavy (non-hydrogen) atoms. The zero-order valence-electron chi connectivity index (χ0n) is 12.6. The Bertz CT molecular complexity index is 922. The Morgan fingerprint density at radius 1 is 1.42 bits per heavy atom. The summed E-state index contributed by atoms with van der Waals surface area (Å²) in [4.78, 5) is 17.6. The number of nitrogens with zero attached hydrogens (tertiary/aromatic N) is 1. The molecule has 0 saturated carbocycles. The third-order valence-electron chi connectivity index (χ3n) is 3.42. The maximum Gasteiger partial charge on any atom is 0.263 e. The van der Waals surface area contributed by atoms with E-state index in [4.69, 9.17) is 0 Å². The lowest BCUT2D eigenvalue weighted by molar-refractivity contribution is -0.122. The van der Waals surface area contributed by atoms with E-state index in [1.54, 1.807) is 25.1 Å². The third-order valence-corrected chi connectivity index (χ3v) is 6.52. The van der Waals surface area contributed by atoms with Crippen LogP contribution in [0.25, 0.3) is 0 Å². The fourth-order valence-corrected chi connectivity index (χ4v) is 4.88. The molecule has 0 spiro atoms. The molecule has 0 radical (unpaired) electrons. The Morgan fingerprint density at radius 3 is 2.88 bits per heavy atom. The van der Waals surface area contributed by atoms with Gasteiger partial charge in [0.2, 0.25) is 5.91 Å². The van der Waals surface area contributed by atoms with Crippen molar-refractivity contribution in [3.8, 4) is 0 Å². The maximum absolute atomic E-state index is 12.2. The van der Waals surface area contributed by atoms with Crippen LogP contribution in [0.4, 0.5) is 0 Å². The van der Waals surface area contributed by atoms with Crippen LogP contribution in [0.15, 0.2) is 50.1 Å². The van der Waals surface area contributed by atoms with E-state index >= 15 is 0 Å². The van der Waals surface area contributed by atoms with Crippen molar-refractivity contribution in [1.29, 1.82) is 0 Å². The van der Waals surface area contributed by atoms with Crippen molar-refractivity contribution < 1.29 is 13.2 Å². The van der Waals surface area contributed by atoms with Gasteiger partial charge < -0.3 is 5.32 Å². The number of fused-ring (bicyclic) bond motifs is 1. The minimum Gasteiger partial charge on any atom is -0.349 e.